The number of ether oxygens (including phenoxy) is 1. The number of aliphatic hydroxyl groups is 1. The molecule has 23 heavy (non-hydrogen) atoms. The number of hydrogen-bond acceptors (Lipinski definition) is 3. The number of fused-ring (bicyclic) bond motifs is 5. The molecule has 0 amide bonds. The van der Waals surface area contributed by atoms with E-state index in [2.05, 4.69) is 4.85 Å². The Bertz CT molecular complexity index is 778. The zero-order chi connectivity index (χ0) is 16.5. The molecule has 2 saturated heterocycles. The molecule has 4 nitrogen and oxygen atoms in total. The van der Waals surface area contributed by atoms with E-state index in [4.69, 9.17) is 11.3 Å². The van der Waals surface area contributed by atoms with E-state index in [1.165, 1.54) is 0 Å². The Balaban J connectivity index is 1.85. The summed E-state index contributed by atoms with van der Waals surface area (Å²) in [6, 6.07) is 3.84. The average molecular weight is 309 g/mol. The Morgan fingerprint density at radius 1 is 1.22 bits per heavy atom. The average Bonchev–Trinajstić information content (AvgIpc) is 3.12. The molecule has 2 fully saturated rings. The highest BCUT2D eigenvalue weighted by atomic mass is 16.5. The summed E-state index contributed by atoms with van der Waals surface area (Å²) in [4.78, 5) is 16.6. The molecule has 1 aliphatic carbocycles. The molecule has 1 aromatic rings. The van der Waals surface area contributed by atoms with Crippen molar-refractivity contribution in [1.82, 2.24) is 0 Å². The van der Waals surface area contributed by atoms with Gasteiger partial charge in [-0.25, -0.2) is 6.57 Å². The van der Waals surface area contributed by atoms with Gasteiger partial charge in [-0.05, 0) is 37.5 Å². The largest absolute Gasteiger partial charge is 0.511 e. The normalized spacial score (nSPS) is 34.9. The van der Waals surface area contributed by atoms with Gasteiger partial charge < -0.3 is 14.7 Å². The summed E-state index contributed by atoms with van der Waals surface area (Å²) >= 11 is 0. The van der Waals surface area contributed by atoms with E-state index in [1.807, 2.05) is 32.9 Å². The van der Waals surface area contributed by atoms with E-state index >= 15 is 0 Å². The van der Waals surface area contributed by atoms with Crippen molar-refractivity contribution >= 4 is 11.4 Å². The Morgan fingerprint density at radius 3 is 2.48 bits per heavy atom. The van der Waals surface area contributed by atoms with Crippen LogP contribution in [0.25, 0.3) is 10.4 Å². The minimum absolute atomic E-state index is 0.0153. The third kappa shape index (κ3) is 1.77. The molecule has 5 atom stereocenters. The molecule has 0 aromatic heterocycles. The molecule has 2 aliphatic heterocycles. The van der Waals surface area contributed by atoms with Crippen molar-refractivity contribution < 1.29 is 14.6 Å². The zero-order valence-corrected chi connectivity index (χ0v) is 13.5. The van der Waals surface area contributed by atoms with Gasteiger partial charge in [-0.1, -0.05) is 17.7 Å². The van der Waals surface area contributed by atoms with Crippen LogP contribution in [0.5, 0.6) is 0 Å². The molecule has 0 unspecified atom stereocenters. The van der Waals surface area contributed by atoms with Gasteiger partial charge in [0.15, 0.2) is 5.78 Å². The minimum Gasteiger partial charge on any atom is -0.511 e. The third-order valence-corrected chi connectivity index (χ3v) is 5.54. The number of benzene rings is 1. The summed E-state index contributed by atoms with van der Waals surface area (Å²) in [7, 11) is 0. The van der Waals surface area contributed by atoms with Crippen LogP contribution < -0.4 is 0 Å². The van der Waals surface area contributed by atoms with Crippen molar-refractivity contribution in [2.45, 2.75) is 45.4 Å². The van der Waals surface area contributed by atoms with E-state index in [9.17, 15) is 9.90 Å². The van der Waals surface area contributed by atoms with Crippen LogP contribution in [0.3, 0.4) is 0 Å². The number of Topliss-reactive ketones (excluding diaryl/α,β-unsaturated/α-hetero) is 1. The van der Waals surface area contributed by atoms with Crippen LogP contribution >= 0.6 is 0 Å². The Morgan fingerprint density at radius 2 is 1.87 bits per heavy atom. The highest BCUT2D eigenvalue weighted by molar-refractivity contribution is 6.26. The van der Waals surface area contributed by atoms with Gasteiger partial charge in [-0.2, -0.15) is 0 Å². The number of hydrogen-bond donors (Lipinski definition) is 1. The van der Waals surface area contributed by atoms with E-state index < -0.39 is 0 Å². The van der Waals surface area contributed by atoms with Crippen molar-refractivity contribution in [3.63, 3.8) is 0 Å². The topological polar surface area (TPSA) is 50.9 Å². The monoisotopic (exact) mass is 309 g/mol. The lowest BCUT2D eigenvalue weighted by molar-refractivity contribution is -0.118. The van der Waals surface area contributed by atoms with Crippen molar-refractivity contribution in [3.8, 4) is 0 Å². The fourth-order valence-electron chi connectivity index (χ4n) is 4.78. The lowest BCUT2D eigenvalue weighted by Crippen LogP contribution is -2.35. The summed E-state index contributed by atoms with van der Waals surface area (Å²) in [6.07, 6.45) is 0.0466. The first kappa shape index (κ1) is 14.5. The number of allylic oxidation sites excluding steroid dienone is 1. The van der Waals surface area contributed by atoms with Crippen LogP contribution in [0.4, 0.5) is 0 Å². The van der Waals surface area contributed by atoms with Crippen LogP contribution in [0, 0.1) is 39.2 Å². The maximum absolute atomic E-state index is 13.0. The van der Waals surface area contributed by atoms with Crippen molar-refractivity contribution in [3.05, 3.63) is 51.6 Å². The molecule has 0 saturated carbocycles. The maximum atomic E-state index is 13.0. The van der Waals surface area contributed by atoms with Gasteiger partial charge in [0.05, 0.1) is 29.9 Å². The molecular formula is C19H19NO3. The molecule has 118 valence electrons. The standard InChI is InChI=1S/C19H19NO3/c1-8-5-9(2)13(10(3)6-8)15-17(21)14-12-7-11(20-4)19(23-12)16(14)18(15)22/h5-6,11-12,14,16,19,22H,7H2,1-3H3/t11-,12-,14-,16+,19+/m0/s1. The van der Waals surface area contributed by atoms with E-state index in [-0.39, 0.29) is 41.6 Å². The minimum atomic E-state index is -0.338. The van der Waals surface area contributed by atoms with Gasteiger partial charge in [0.25, 0.3) is 6.04 Å². The SMILES string of the molecule is [C-]#[N+][C@H]1C[C@@H]2O[C@H]1[C@H]1C(O)=C(c3c(C)cc(C)cc3C)C(=O)[C@H]12. The molecule has 2 bridgehead atoms. The smallest absolute Gasteiger partial charge is 0.252 e. The van der Waals surface area contributed by atoms with Crippen LogP contribution in [0.2, 0.25) is 0 Å². The zero-order valence-electron chi connectivity index (χ0n) is 13.5. The van der Waals surface area contributed by atoms with Crippen molar-refractivity contribution in [1.29, 1.82) is 0 Å². The van der Waals surface area contributed by atoms with Crippen molar-refractivity contribution in [2.24, 2.45) is 11.8 Å². The molecule has 1 aromatic carbocycles. The molecule has 1 N–H and O–H groups in total. The van der Waals surface area contributed by atoms with Gasteiger partial charge in [0.2, 0.25) is 0 Å². The van der Waals surface area contributed by atoms with E-state index in [0.29, 0.717) is 12.0 Å². The number of aryl methyl sites for hydroxylation is 3. The molecule has 4 heteroatoms. The molecule has 4 rings (SSSR count). The first-order chi connectivity index (χ1) is 10.9. The summed E-state index contributed by atoms with van der Waals surface area (Å²) in [6.45, 7) is 13.3. The Labute approximate surface area is 135 Å². The molecule has 0 radical (unpaired) electrons. The summed E-state index contributed by atoms with van der Waals surface area (Å²) < 4.78 is 5.82. The highest BCUT2D eigenvalue weighted by Gasteiger charge is 2.65. The predicted molar refractivity (Wildman–Crippen MR) is 85.9 cm³/mol. The predicted octanol–water partition coefficient (Wildman–Crippen LogP) is 3.16. The number of carbonyl (C=O) groups excluding carboxylic acids is 1. The Kier molecular flexibility index (Phi) is 2.95. The van der Waals surface area contributed by atoms with Gasteiger partial charge in [-0.15, -0.1) is 0 Å². The summed E-state index contributed by atoms with van der Waals surface area (Å²) in [5.74, 6) is -0.530. The number of aliphatic hydroxyl groups excluding tert-OH is 1. The summed E-state index contributed by atoms with van der Waals surface area (Å²) in [5.41, 5.74) is 4.47. The first-order valence-corrected chi connectivity index (χ1v) is 8.01. The van der Waals surface area contributed by atoms with Crippen LogP contribution in [0.15, 0.2) is 17.9 Å². The fourth-order valence-corrected chi connectivity index (χ4v) is 4.78. The number of rotatable bonds is 1. The van der Waals surface area contributed by atoms with E-state index in [1.54, 1.807) is 0 Å². The van der Waals surface area contributed by atoms with Crippen LogP contribution in [-0.4, -0.2) is 29.1 Å². The fraction of sp³-hybridized carbons (Fsp3) is 0.474. The van der Waals surface area contributed by atoms with Gasteiger partial charge in [0.1, 0.15) is 11.9 Å². The second kappa shape index (κ2) is 4.69. The van der Waals surface area contributed by atoms with Gasteiger partial charge in [-0.3, -0.25) is 4.79 Å². The van der Waals surface area contributed by atoms with Crippen LogP contribution in [0.1, 0.15) is 28.7 Å². The first-order valence-electron chi connectivity index (χ1n) is 8.01. The quantitative estimate of drug-likeness (QED) is 0.811. The number of ketones is 1. The highest BCUT2D eigenvalue weighted by Crippen LogP contribution is 2.54. The van der Waals surface area contributed by atoms with Gasteiger partial charge >= 0.3 is 0 Å². The third-order valence-electron chi connectivity index (χ3n) is 5.54. The number of carbonyl (C=O) groups is 1. The molecule has 2 heterocycles. The maximum Gasteiger partial charge on any atom is 0.252 e. The second-order valence-electron chi connectivity index (χ2n) is 7.02. The van der Waals surface area contributed by atoms with E-state index in [0.717, 1.165) is 22.3 Å². The lowest BCUT2D eigenvalue weighted by Gasteiger charge is -2.20. The lowest BCUT2D eigenvalue weighted by atomic mass is 9.78. The summed E-state index contributed by atoms with van der Waals surface area (Å²) in [5, 5.41) is 10.8. The molecule has 3 aliphatic rings. The van der Waals surface area contributed by atoms with Crippen molar-refractivity contribution in [2.75, 3.05) is 0 Å². The number of nitrogens with zero attached hydrogens (tertiary/aromatic N) is 1. The Hall–Kier alpha value is -2.12. The van der Waals surface area contributed by atoms with Crippen LogP contribution in [-0.2, 0) is 9.53 Å². The second-order valence-corrected chi connectivity index (χ2v) is 7.02. The molecule has 0 spiro atoms. The molecular weight excluding hydrogens is 290 g/mol. The van der Waals surface area contributed by atoms with Gasteiger partial charge in [0, 0.05) is 0 Å².